The fourth-order valence-corrected chi connectivity index (χ4v) is 10.6. The molecule has 3 aliphatic heterocycles. The van der Waals surface area contributed by atoms with E-state index in [1.807, 2.05) is 140 Å². The summed E-state index contributed by atoms with van der Waals surface area (Å²) in [5.74, 6) is -3.49. The number of phenols is 1. The second kappa shape index (κ2) is 20.6. The topological polar surface area (TPSA) is 173 Å². The number of carbonyl (C=O) groups is 4. The van der Waals surface area contributed by atoms with Crippen LogP contribution in [0.25, 0.3) is 6.08 Å². The number of esters is 2. The van der Waals surface area contributed by atoms with Gasteiger partial charge in [0.25, 0.3) is 0 Å². The van der Waals surface area contributed by atoms with Crippen molar-refractivity contribution in [2.24, 2.45) is 5.41 Å². The number of carbonyl (C=O) groups excluding carboxylic acids is 4. The van der Waals surface area contributed by atoms with E-state index in [4.69, 9.17) is 23.8 Å². The number of fused-ring (bicyclic) bond motifs is 4. The third-order valence-electron chi connectivity index (χ3n) is 13.8. The van der Waals surface area contributed by atoms with Crippen LogP contribution in [0.5, 0.6) is 5.75 Å². The van der Waals surface area contributed by atoms with Crippen molar-refractivity contribution in [1.29, 1.82) is 0 Å². The number of hydrogen-bond donors (Lipinski definition) is 3. The summed E-state index contributed by atoms with van der Waals surface area (Å²) >= 11 is 0. The number of amides is 2. The molecule has 3 heterocycles. The molecule has 14 heteroatoms. The first-order valence-corrected chi connectivity index (χ1v) is 24.3. The minimum atomic E-state index is -1.65. The van der Waals surface area contributed by atoms with E-state index in [1.54, 1.807) is 40.0 Å². The maximum atomic E-state index is 16.1. The van der Waals surface area contributed by atoms with Gasteiger partial charge in [0.2, 0.25) is 17.6 Å². The van der Waals surface area contributed by atoms with Crippen LogP contribution in [0.2, 0.25) is 0 Å². The molecule has 1 saturated carbocycles. The van der Waals surface area contributed by atoms with Gasteiger partial charge in [0.15, 0.2) is 6.04 Å². The van der Waals surface area contributed by atoms with Crippen molar-refractivity contribution in [3.8, 4) is 5.75 Å². The average Bonchev–Trinajstić information content (AvgIpc) is 3.95. The molecule has 0 aromatic heterocycles. The number of nitrogens with one attached hydrogen (secondary N) is 1. The average molecular weight is 964 g/mol. The molecule has 1 aliphatic carbocycles. The predicted octanol–water partition coefficient (Wildman–Crippen LogP) is 6.80. The molecule has 8 atom stereocenters. The number of nitrogens with zero attached hydrogens (tertiary/aromatic N) is 2. The van der Waals surface area contributed by atoms with Crippen LogP contribution in [0.1, 0.15) is 73.4 Å². The number of allylic oxidation sites excluding steroid dienone is 1. The van der Waals surface area contributed by atoms with Crippen molar-refractivity contribution in [2.45, 2.75) is 113 Å². The zero-order chi connectivity index (χ0) is 49.9. The van der Waals surface area contributed by atoms with Gasteiger partial charge < -0.3 is 39.4 Å². The molecule has 71 heavy (non-hydrogen) atoms. The van der Waals surface area contributed by atoms with E-state index >= 15 is 4.79 Å². The van der Waals surface area contributed by atoms with Crippen molar-refractivity contribution >= 4 is 29.8 Å². The van der Waals surface area contributed by atoms with Gasteiger partial charge in [0.05, 0.1) is 19.2 Å². The van der Waals surface area contributed by atoms with E-state index in [1.165, 1.54) is 9.96 Å². The first kappa shape index (κ1) is 49.3. The molecule has 3 N–H and O–H groups in total. The van der Waals surface area contributed by atoms with Crippen LogP contribution in [0, 0.1) is 5.41 Å². The van der Waals surface area contributed by atoms with E-state index in [-0.39, 0.29) is 38.0 Å². The van der Waals surface area contributed by atoms with Gasteiger partial charge in [-0.3, -0.25) is 24.0 Å². The Morgan fingerprint density at radius 1 is 0.859 bits per heavy atom. The normalized spacial score (nSPS) is 24.1. The van der Waals surface area contributed by atoms with Crippen LogP contribution in [0.15, 0.2) is 146 Å². The fraction of sp³-hybridized carbons (Fsp3) is 0.368. The lowest BCUT2D eigenvalue weighted by Crippen LogP contribution is -2.70. The maximum absolute atomic E-state index is 16.1. The lowest BCUT2D eigenvalue weighted by molar-refractivity contribution is -0.214. The Hall–Kier alpha value is -6.68. The number of aliphatic hydroxyl groups excluding tert-OH is 1. The smallest absolute Gasteiger partial charge is 0.327 e. The second-order valence-corrected chi connectivity index (χ2v) is 19.9. The third-order valence-corrected chi connectivity index (χ3v) is 13.8. The summed E-state index contributed by atoms with van der Waals surface area (Å²) in [5.41, 5.74) is 2.24. The number of phenolic OH excluding ortho intramolecular Hbond substituents is 1. The first-order chi connectivity index (χ1) is 34.2. The van der Waals surface area contributed by atoms with E-state index in [0.717, 1.165) is 22.3 Å². The second-order valence-electron chi connectivity index (χ2n) is 19.9. The maximum Gasteiger partial charge on any atom is 0.327 e. The number of ether oxygens (including phenoxy) is 4. The van der Waals surface area contributed by atoms with Gasteiger partial charge in [-0.2, -0.15) is 5.06 Å². The Labute approximate surface area is 414 Å². The molecule has 14 nitrogen and oxygen atoms in total. The molecule has 8 unspecified atom stereocenters. The molecule has 5 aromatic rings. The number of benzene rings is 5. The van der Waals surface area contributed by atoms with Crippen LogP contribution < -0.4 is 5.32 Å². The molecule has 2 bridgehead atoms. The van der Waals surface area contributed by atoms with Gasteiger partial charge >= 0.3 is 11.9 Å². The summed E-state index contributed by atoms with van der Waals surface area (Å²) in [6, 6.07) is 39.9. The Balaban J connectivity index is 1.08. The van der Waals surface area contributed by atoms with Crippen LogP contribution in [0.3, 0.4) is 0 Å². The molecule has 2 amide bonds. The largest absolute Gasteiger partial charge is 0.508 e. The molecule has 9 rings (SSSR count). The van der Waals surface area contributed by atoms with Crippen LogP contribution >= 0.6 is 0 Å². The minimum absolute atomic E-state index is 0.00186. The number of rotatable bonds is 17. The lowest BCUT2D eigenvalue weighted by Gasteiger charge is -2.50. The summed E-state index contributed by atoms with van der Waals surface area (Å²) < 4.78 is 26.1. The summed E-state index contributed by atoms with van der Waals surface area (Å²) in [4.78, 5) is 66.7. The Bertz CT molecular complexity index is 2690. The van der Waals surface area contributed by atoms with E-state index in [2.05, 4.69) is 5.32 Å². The monoisotopic (exact) mass is 963 g/mol. The third kappa shape index (κ3) is 10.1. The SMILES string of the molecule is CN(C(=O)C12CC3OC(=O)C1N(Cc1cccc(C=CCc4ccccc4O)c1)OC2C1OC(c2ccccc2)(c2ccccc2)OC31)C(Cc1ccccc1)C(=O)NC(CO)CCC(=O)OC(C)(C)C. The lowest BCUT2D eigenvalue weighted by atomic mass is 9.62. The molecule has 0 spiro atoms. The number of likely N-dealkylation sites (N-methyl/N-ethyl adjacent to an activating group) is 1. The highest BCUT2D eigenvalue weighted by atomic mass is 16.8. The molecule has 0 radical (unpaired) electrons. The Morgan fingerprint density at radius 3 is 2.15 bits per heavy atom. The number of aromatic hydroxyl groups is 1. The molecule has 5 aromatic carbocycles. The van der Waals surface area contributed by atoms with E-state index in [0.29, 0.717) is 17.5 Å². The zero-order valence-corrected chi connectivity index (χ0v) is 40.4. The van der Waals surface area contributed by atoms with Crippen molar-refractivity contribution in [2.75, 3.05) is 13.7 Å². The number of aliphatic hydroxyl groups is 1. The van der Waals surface area contributed by atoms with Gasteiger partial charge in [-0.25, -0.2) is 0 Å². The quantitative estimate of drug-likeness (QED) is 0.0834. The summed E-state index contributed by atoms with van der Waals surface area (Å²) in [5, 5.41) is 25.2. The summed E-state index contributed by atoms with van der Waals surface area (Å²) in [6.07, 6.45) is 0.685. The Morgan fingerprint density at radius 2 is 1.49 bits per heavy atom. The number of para-hydroxylation sites is 1. The van der Waals surface area contributed by atoms with Gasteiger partial charge in [0.1, 0.15) is 47.2 Å². The van der Waals surface area contributed by atoms with Crippen LogP contribution in [-0.4, -0.2) is 106 Å². The molecular formula is C57H61N3O11. The standard InChI is InChI=1S/C57H61N3O11/c1-55(2,3)68-47(63)31-30-43(36-61)58-52(64)44(33-38-18-8-5-9-19-38)59(4)54(66)56-34-46-48-49(70-57(69-48,41-25-10-6-11-26-41)42-27-12-7-13-28-42)51(56)71-60(50(56)53(65)67-46)35-39-22-16-20-37(32-39)21-17-24-40-23-14-15-29-45(40)62/h5-23,25-29,32,43-44,46,48-51,61-62H,24,30-31,33-36H2,1-4H3,(H,58,64). The van der Waals surface area contributed by atoms with E-state index in [9.17, 15) is 24.6 Å². The van der Waals surface area contributed by atoms with Crippen molar-refractivity contribution in [3.05, 3.63) is 179 Å². The highest BCUT2D eigenvalue weighted by Gasteiger charge is 2.77. The number of hydrogen-bond acceptors (Lipinski definition) is 12. The summed E-state index contributed by atoms with van der Waals surface area (Å²) in [7, 11) is 1.55. The highest BCUT2D eigenvalue weighted by Crippen LogP contribution is 2.60. The fourth-order valence-electron chi connectivity index (χ4n) is 10.6. The zero-order valence-electron chi connectivity index (χ0n) is 40.4. The van der Waals surface area contributed by atoms with Crippen molar-refractivity contribution < 1.29 is 53.2 Å². The Kier molecular flexibility index (Phi) is 14.3. The van der Waals surface area contributed by atoms with Gasteiger partial charge in [-0.1, -0.05) is 146 Å². The van der Waals surface area contributed by atoms with Gasteiger partial charge in [-0.05, 0) is 61.9 Å². The van der Waals surface area contributed by atoms with E-state index < -0.39 is 89.7 Å². The summed E-state index contributed by atoms with van der Waals surface area (Å²) in [6.45, 7) is 4.90. The number of hydroxylamine groups is 2. The molecule has 3 saturated heterocycles. The van der Waals surface area contributed by atoms with Crippen LogP contribution in [0.4, 0.5) is 0 Å². The van der Waals surface area contributed by atoms with Crippen molar-refractivity contribution in [1.82, 2.24) is 15.3 Å². The molecule has 4 fully saturated rings. The van der Waals surface area contributed by atoms with Gasteiger partial charge in [0, 0.05) is 37.4 Å². The molecule has 370 valence electrons. The highest BCUT2D eigenvalue weighted by molar-refractivity contribution is 5.96. The minimum Gasteiger partial charge on any atom is -0.508 e. The van der Waals surface area contributed by atoms with Crippen molar-refractivity contribution in [3.63, 3.8) is 0 Å². The predicted molar refractivity (Wildman–Crippen MR) is 263 cm³/mol. The molecular weight excluding hydrogens is 903 g/mol. The first-order valence-electron chi connectivity index (χ1n) is 24.3. The van der Waals surface area contributed by atoms with Crippen LogP contribution in [-0.2, 0) is 68.1 Å². The van der Waals surface area contributed by atoms with Gasteiger partial charge in [-0.15, -0.1) is 0 Å². The molecule has 4 aliphatic rings.